The Balaban J connectivity index is 0.627. The number of hydrogen-bond donors (Lipinski definition) is 0. The number of nitrogens with zero attached hydrogens (tertiary/aromatic N) is 6. The van der Waals surface area contributed by atoms with Crippen molar-refractivity contribution in [2.24, 2.45) is 0 Å². The highest BCUT2D eigenvalue weighted by molar-refractivity contribution is 8.00. The van der Waals surface area contributed by atoms with Crippen LogP contribution in [0.4, 0.5) is 102 Å². The summed E-state index contributed by atoms with van der Waals surface area (Å²) in [5, 5.41) is 0. The number of anilines is 18. The van der Waals surface area contributed by atoms with Gasteiger partial charge in [0.1, 0.15) is 0 Å². The molecule has 10 aliphatic heterocycles. The van der Waals surface area contributed by atoms with Crippen molar-refractivity contribution in [2.75, 3.05) is 29.4 Å². The molecule has 0 aromatic heterocycles. The second kappa shape index (κ2) is 22.0. The van der Waals surface area contributed by atoms with Crippen molar-refractivity contribution in [3.63, 3.8) is 0 Å². The van der Waals surface area contributed by atoms with Crippen LogP contribution in [-0.4, -0.2) is 13.4 Å². The fraction of sp³-hybridized carbons (Fsp3) is 0. The first-order valence-corrected chi connectivity index (χ1v) is 39.0. The average Bonchev–Trinajstić information content (AvgIpc) is 0.685. The molecule has 0 unspecified atom stereocenters. The molecule has 0 radical (unpaired) electrons. The van der Waals surface area contributed by atoms with E-state index >= 15 is 0 Å². The Morgan fingerprint density at radius 1 is 0.209 bits per heavy atom. The van der Waals surface area contributed by atoms with Crippen LogP contribution >= 0.6 is 23.5 Å². The van der Waals surface area contributed by atoms with Gasteiger partial charge in [-0.3, -0.25) is 0 Å². The number of rotatable bonds is 5. The molecule has 10 aliphatic rings. The summed E-state index contributed by atoms with van der Waals surface area (Å²) in [5.74, 6) is 6.57. The molecule has 10 nitrogen and oxygen atoms in total. The fourth-order valence-electron chi connectivity index (χ4n) is 19.2. The number of hydrogen-bond acceptors (Lipinski definition) is 12. The van der Waals surface area contributed by atoms with Crippen LogP contribution in [0.1, 0.15) is 0 Å². The zero-order valence-electron chi connectivity index (χ0n) is 58.5. The van der Waals surface area contributed by atoms with E-state index in [4.69, 9.17) is 18.9 Å². The molecule has 16 aromatic rings. The van der Waals surface area contributed by atoms with E-state index in [1.807, 2.05) is 47.8 Å². The maximum Gasteiger partial charge on any atom is 0.252 e. The molecule has 0 spiro atoms. The van der Waals surface area contributed by atoms with E-state index in [9.17, 15) is 0 Å². The minimum Gasteiger partial charge on any atom is -0.453 e. The zero-order valence-corrected chi connectivity index (χ0v) is 60.1. The highest BCUT2D eigenvalue weighted by Crippen LogP contribution is 2.63. The number of benzene rings is 16. The summed E-state index contributed by atoms with van der Waals surface area (Å²) in [6.45, 7) is -0.220. The molecular formula is C96H54B2N6O4S2. The lowest BCUT2D eigenvalue weighted by molar-refractivity contribution is 0.476. The Morgan fingerprint density at radius 2 is 0.555 bits per heavy atom. The van der Waals surface area contributed by atoms with Crippen molar-refractivity contribution in [1.82, 2.24) is 0 Å². The predicted molar refractivity (Wildman–Crippen MR) is 449 cm³/mol. The van der Waals surface area contributed by atoms with Gasteiger partial charge in [0, 0.05) is 59.3 Å². The lowest BCUT2D eigenvalue weighted by Gasteiger charge is -2.48. The molecule has 0 fully saturated rings. The number of fused-ring (bicyclic) bond motifs is 20. The summed E-state index contributed by atoms with van der Waals surface area (Å²) in [6.07, 6.45) is 0. The maximum atomic E-state index is 7.38. The first-order valence-electron chi connectivity index (χ1n) is 37.3. The smallest absolute Gasteiger partial charge is 0.252 e. The van der Waals surface area contributed by atoms with Gasteiger partial charge >= 0.3 is 0 Å². The Morgan fingerprint density at radius 3 is 1.05 bits per heavy atom. The normalized spacial score (nSPS) is 14.4. The van der Waals surface area contributed by atoms with Crippen molar-refractivity contribution >= 4 is 172 Å². The summed E-state index contributed by atoms with van der Waals surface area (Å²) in [5.41, 5.74) is 33.6. The second-order valence-electron chi connectivity index (χ2n) is 29.4. The Bertz CT molecular complexity index is 6660. The zero-order chi connectivity index (χ0) is 71.3. The van der Waals surface area contributed by atoms with Gasteiger partial charge in [0.15, 0.2) is 46.0 Å². The van der Waals surface area contributed by atoms with Gasteiger partial charge in [-0.2, -0.15) is 0 Å². The molecule has 510 valence electrons. The summed E-state index contributed by atoms with van der Waals surface area (Å²) in [6, 6.07) is 120. The van der Waals surface area contributed by atoms with E-state index in [2.05, 4.69) is 333 Å². The third-order valence-corrected chi connectivity index (χ3v) is 25.9. The fourth-order valence-corrected chi connectivity index (χ4v) is 21.5. The summed E-state index contributed by atoms with van der Waals surface area (Å²) in [4.78, 5) is 19.6. The predicted octanol–water partition coefficient (Wildman–Crippen LogP) is 23.1. The second-order valence-corrected chi connectivity index (χ2v) is 31.5. The molecule has 16 aromatic carbocycles. The maximum absolute atomic E-state index is 7.38. The van der Waals surface area contributed by atoms with Crippen molar-refractivity contribution in [2.45, 2.75) is 19.6 Å². The Hall–Kier alpha value is -13.7. The quantitative estimate of drug-likeness (QED) is 0.154. The van der Waals surface area contributed by atoms with Crippen molar-refractivity contribution in [3.8, 4) is 79.4 Å². The largest absolute Gasteiger partial charge is 0.453 e. The van der Waals surface area contributed by atoms with Crippen molar-refractivity contribution in [3.05, 3.63) is 328 Å². The van der Waals surface area contributed by atoms with Gasteiger partial charge in [-0.25, -0.2) is 0 Å². The third kappa shape index (κ3) is 8.06. The van der Waals surface area contributed by atoms with E-state index in [1.54, 1.807) is 0 Å². The van der Waals surface area contributed by atoms with E-state index in [-0.39, 0.29) is 13.4 Å². The molecule has 0 amide bonds. The van der Waals surface area contributed by atoms with E-state index in [0.717, 1.165) is 148 Å². The first kappa shape index (κ1) is 59.5. The van der Waals surface area contributed by atoms with Crippen LogP contribution < -0.4 is 81.1 Å². The van der Waals surface area contributed by atoms with Crippen LogP contribution in [-0.2, 0) is 0 Å². The van der Waals surface area contributed by atoms with Gasteiger partial charge in [-0.1, -0.05) is 187 Å². The van der Waals surface area contributed by atoms with Gasteiger partial charge in [-0.05, 0) is 224 Å². The van der Waals surface area contributed by atoms with E-state index < -0.39 is 0 Å². The molecule has 0 N–H and O–H groups in total. The van der Waals surface area contributed by atoms with Crippen LogP contribution in [0.3, 0.4) is 0 Å². The number of ether oxygens (including phenoxy) is 4. The van der Waals surface area contributed by atoms with Crippen LogP contribution in [0.5, 0.6) is 46.0 Å². The SMILES string of the molecule is c1ccc2c(c1)Oc1ccccc1N2c1ccc(-c2cc3c4c(c2)N2c5ccccc5Sc5cc(-c6cccc7c6Oc6ccccc6N7c6ccc(-c7cc8c9c(c7)N7c%10ccccc%10Oc%10cccc(c%107)B9c7cccc9c7N8c7ccccc7O9)cc6)cc(c52)B4c2cccc4c2N3c2ccccc2S4)cc1. The minimum atomic E-state index is -0.131. The summed E-state index contributed by atoms with van der Waals surface area (Å²) >= 11 is 3.73. The van der Waals surface area contributed by atoms with Crippen LogP contribution in [0.2, 0.25) is 0 Å². The molecule has 0 bridgehead atoms. The molecule has 0 aliphatic carbocycles. The average molecular weight is 1440 g/mol. The van der Waals surface area contributed by atoms with Gasteiger partial charge < -0.3 is 48.3 Å². The minimum absolute atomic E-state index is 0.0886. The lowest BCUT2D eigenvalue weighted by Crippen LogP contribution is -2.62. The topological polar surface area (TPSA) is 56.4 Å². The third-order valence-electron chi connectivity index (χ3n) is 23.7. The van der Waals surface area contributed by atoms with Crippen LogP contribution in [0.15, 0.2) is 347 Å². The van der Waals surface area contributed by atoms with Crippen LogP contribution in [0.25, 0.3) is 33.4 Å². The Labute approximate surface area is 642 Å². The van der Waals surface area contributed by atoms with E-state index in [0.29, 0.717) is 0 Å². The van der Waals surface area contributed by atoms with Crippen LogP contribution in [0, 0.1) is 0 Å². The van der Waals surface area contributed by atoms with Gasteiger partial charge in [0.05, 0.1) is 68.2 Å². The Kier molecular flexibility index (Phi) is 11.9. The summed E-state index contributed by atoms with van der Waals surface area (Å²) in [7, 11) is 0. The molecule has 10 heterocycles. The highest BCUT2D eigenvalue weighted by atomic mass is 32.2. The molecule has 26 rings (SSSR count). The lowest BCUT2D eigenvalue weighted by atomic mass is 9.33. The molecule has 14 heteroatoms. The summed E-state index contributed by atoms with van der Waals surface area (Å²) < 4.78 is 27.5. The standard InChI is InChI=1S/C96H54B2N6O4S2/c1-8-31-79-67(23-1)99(68-24-2-9-32-80(68)105-79)60-45-41-55(42-46-60)58-52-77-91-78(53-58)104-73-29-7-14-39-87(73)110-89-54-59(49-66(95(89)104)98(91)65-22-18-40-88-94(65)103(77)72-28-6-13-38-86(72)109-88)62-19-15-30-74-96(62)108-83-35-12-3-25-69(83)100(74)61-47-43-56(44-48-61)57-50-75-90-76(51-57)102-71-27-5-11-34-82(71)107-85-37-17-21-64(93(85)102)97(90)63-20-16-36-84-92(63)101(75)70-26-4-10-33-81(70)106-84/h1-54H. The van der Waals surface area contributed by atoms with Gasteiger partial charge in [0.2, 0.25) is 0 Å². The molecular weight excluding hydrogens is 1390 g/mol. The van der Waals surface area contributed by atoms with Crippen molar-refractivity contribution < 1.29 is 18.9 Å². The highest BCUT2D eigenvalue weighted by Gasteiger charge is 2.51. The van der Waals surface area contributed by atoms with Gasteiger partial charge in [0.25, 0.3) is 13.4 Å². The first-order chi connectivity index (χ1) is 54.5. The number of para-hydroxylation sites is 16. The monoisotopic (exact) mass is 1440 g/mol. The van der Waals surface area contributed by atoms with Gasteiger partial charge in [-0.15, -0.1) is 0 Å². The molecule has 0 atom stereocenters. The molecule has 0 saturated carbocycles. The molecule has 110 heavy (non-hydrogen) atoms. The molecule has 0 saturated heterocycles. The van der Waals surface area contributed by atoms with E-state index in [1.165, 1.54) is 86.5 Å². The van der Waals surface area contributed by atoms with Crippen molar-refractivity contribution in [1.29, 1.82) is 0 Å².